The summed E-state index contributed by atoms with van der Waals surface area (Å²) in [5.41, 5.74) is 2.48. The van der Waals surface area contributed by atoms with Crippen molar-refractivity contribution in [3.05, 3.63) is 29.3 Å². The second kappa shape index (κ2) is 4.75. The van der Waals surface area contributed by atoms with Gasteiger partial charge in [-0.25, -0.2) is 0 Å². The summed E-state index contributed by atoms with van der Waals surface area (Å²) in [5.74, 6) is -0.518. The number of hydrogen-bond donors (Lipinski definition) is 1. The lowest BCUT2D eigenvalue weighted by Gasteiger charge is -2.08. The Hall–Kier alpha value is -1.55. The fourth-order valence-corrected chi connectivity index (χ4v) is 2.18. The number of carbonyl (C=O) groups is 2. The summed E-state index contributed by atoms with van der Waals surface area (Å²) >= 11 is 6.02. The monoisotopic (exact) mass is 253 g/mol. The molecule has 1 unspecified atom stereocenters. The summed E-state index contributed by atoms with van der Waals surface area (Å²) in [6.45, 7) is 1.66. The van der Waals surface area contributed by atoms with Gasteiger partial charge in [0.25, 0.3) is 0 Å². The van der Waals surface area contributed by atoms with Crippen LogP contribution in [0.25, 0.3) is 0 Å². The lowest BCUT2D eigenvalue weighted by molar-refractivity contribution is -0.140. The second-order valence-corrected chi connectivity index (χ2v) is 4.26. The minimum atomic E-state index is -0.654. The number of nitrogens with one attached hydrogen (secondary N) is 1. The molecule has 2 rings (SSSR count). The number of carbonyl (C=O) groups excluding carboxylic acids is 2. The number of esters is 1. The van der Waals surface area contributed by atoms with Crippen LogP contribution in [0.2, 0.25) is 0 Å². The van der Waals surface area contributed by atoms with E-state index in [1.807, 2.05) is 18.2 Å². The lowest BCUT2D eigenvalue weighted by Crippen LogP contribution is -2.08. The maximum absolute atomic E-state index is 11.4. The van der Waals surface area contributed by atoms with Crippen LogP contribution in [0.1, 0.15) is 23.4 Å². The average Bonchev–Trinajstić information content (AvgIpc) is 2.55. The van der Waals surface area contributed by atoms with Gasteiger partial charge in [0.1, 0.15) is 5.38 Å². The maximum Gasteiger partial charge on any atom is 0.302 e. The van der Waals surface area contributed by atoms with E-state index in [0.29, 0.717) is 13.0 Å². The van der Waals surface area contributed by atoms with Gasteiger partial charge in [-0.05, 0) is 11.6 Å². The van der Waals surface area contributed by atoms with Crippen molar-refractivity contribution < 1.29 is 14.3 Å². The Morgan fingerprint density at radius 2 is 2.29 bits per heavy atom. The Balaban J connectivity index is 2.17. The zero-order chi connectivity index (χ0) is 12.4. The number of hydrogen-bond acceptors (Lipinski definition) is 3. The smallest absolute Gasteiger partial charge is 0.302 e. The number of alkyl halides is 1. The van der Waals surface area contributed by atoms with E-state index in [2.05, 4.69) is 5.32 Å². The number of benzene rings is 1. The van der Waals surface area contributed by atoms with Crippen LogP contribution in [-0.2, 0) is 20.7 Å². The van der Waals surface area contributed by atoms with Crippen LogP contribution in [0, 0.1) is 0 Å². The van der Waals surface area contributed by atoms with Crippen molar-refractivity contribution in [2.24, 2.45) is 0 Å². The van der Waals surface area contributed by atoms with E-state index in [4.69, 9.17) is 16.3 Å². The Morgan fingerprint density at radius 1 is 1.53 bits per heavy atom. The predicted molar refractivity (Wildman–Crippen MR) is 64.0 cm³/mol. The first-order valence-corrected chi connectivity index (χ1v) is 5.73. The molecule has 0 saturated carbocycles. The van der Waals surface area contributed by atoms with E-state index >= 15 is 0 Å². The molecule has 90 valence electrons. The largest absolute Gasteiger partial charge is 0.466 e. The Morgan fingerprint density at radius 3 is 3.00 bits per heavy atom. The van der Waals surface area contributed by atoms with Gasteiger partial charge in [0.05, 0.1) is 6.61 Å². The molecule has 0 radical (unpaired) electrons. The van der Waals surface area contributed by atoms with Gasteiger partial charge in [0.15, 0.2) is 0 Å². The second-order valence-electron chi connectivity index (χ2n) is 3.82. The van der Waals surface area contributed by atoms with Crippen molar-refractivity contribution in [1.29, 1.82) is 0 Å². The Kier molecular flexibility index (Phi) is 3.33. The number of anilines is 1. The first kappa shape index (κ1) is 11.9. The van der Waals surface area contributed by atoms with Gasteiger partial charge in [-0.2, -0.15) is 0 Å². The molecule has 1 heterocycles. The van der Waals surface area contributed by atoms with Crippen LogP contribution in [0.3, 0.4) is 0 Å². The van der Waals surface area contributed by atoms with Crippen molar-refractivity contribution in [1.82, 2.24) is 0 Å². The van der Waals surface area contributed by atoms with Crippen LogP contribution in [0.15, 0.2) is 18.2 Å². The van der Waals surface area contributed by atoms with Crippen LogP contribution in [0.5, 0.6) is 0 Å². The molecule has 1 atom stereocenters. The topological polar surface area (TPSA) is 55.4 Å². The molecule has 5 heteroatoms. The standard InChI is InChI=1S/C12H12ClNO3/c1-7(15)17-6-5-8-3-2-4-9-10(8)11(13)12(16)14-9/h2-4,11H,5-6H2,1H3,(H,14,16). The Labute approximate surface area is 104 Å². The highest BCUT2D eigenvalue weighted by Gasteiger charge is 2.30. The third kappa shape index (κ3) is 2.42. The van der Waals surface area contributed by atoms with Gasteiger partial charge < -0.3 is 10.1 Å². The first-order chi connectivity index (χ1) is 8.09. The van der Waals surface area contributed by atoms with Crippen molar-refractivity contribution in [3.63, 3.8) is 0 Å². The van der Waals surface area contributed by atoms with E-state index in [1.165, 1.54) is 6.92 Å². The van der Waals surface area contributed by atoms with Gasteiger partial charge in [-0.1, -0.05) is 12.1 Å². The minimum absolute atomic E-state index is 0.207. The normalized spacial score (nSPS) is 17.5. The van der Waals surface area contributed by atoms with E-state index in [1.54, 1.807) is 0 Å². The van der Waals surface area contributed by atoms with Gasteiger partial charge in [0, 0.05) is 24.6 Å². The maximum atomic E-state index is 11.4. The van der Waals surface area contributed by atoms with Crippen molar-refractivity contribution in [3.8, 4) is 0 Å². The highest BCUT2D eigenvalue weighted by Crippen LogP contribution is 2.37. The molecule has 1 aromatic carbocycles. The van der Waals surface area contributed by atoms with Crippen molar-refractivity contribution >= 4 is 29.2 Å². The third-order valence-electron chi connectivity index (χ3n) is 2.61. The molecule has 0 bridgehead atoms. The zero-order valence-electron chi connectivity index (χ0n) is 9.33. The fraction of sp³-hybridized carbons (Fsp3) is 0.333. The van der Waals surface area contributed by atoms with Crippen molar-refractivity contribution in [2.45, 2.75) is 18.7 Å². The van der Waals surface area contributed by atoms with Crippen LogP contribution < -0.4 is 5.32 Å². The van der Waals surface area contributed by atoms with E-state index in [0.717, 1.165) is 16.8 Å². The van der Waals surface area contributed by atoms with Crippen LogP contribution in [-0.4, -0.2) is 18.5 Å². The molecule has 1 N–H and O–H groups in total. The van der Waals surface area contributed by atoms with E-state index in [9.17, 15) is 9.59 Å². The average molecular weight is 254 g/mol. The third-order valence-corrected chi connectivity index (χ3v) is 3.03. The van der Waals surface area contributed by atoms with Gasteiger partial charge in [0.2, 0.25) is 5.91 Å². The predicted octanol–water partition coefficient (Wildman–Crippen LogP) is 2.02. The van der Waals surface area contributed by atoms with Gasteiger partial charge in [-0.15, -0.1) is 11.6 Å². The highest BCUT2D eigenvalue weighted by molar-refractivity contribution is 6.35. The molecule has 0 aromatic heterocycles. The molecule has 0 saturated heterocycles. The number of ether oxygens (including phenoxy) is 1. The summed E-state index contributed by atoms with van der Waals surface area (Å²) in [6, 6.07) is 5.54. The summed E-state index contributed by atoms with van der Waals surface area (Å²) in [5, 5.41) is 2.05. The van der Waals surface area contributed by atoms with E-state index in [-0.39, 0.29) is 11.9 Å². The molecule has 1 amide bonds. The molecule has 0 spiro atoms. The summed E-state index contributed by atoms with van der Waals surface area (Å²) in [7, 11) is 0. The summed E-state index contributed by atoms with van der Waals surface area (Å²) in [6.07, 6.45) is 0.556. The SMILES string of the molecule is CC(=O)OCCc1cccc2c1C(Cl)C(=O)N2. The van der Waals surface area contributed by atoms with Gasteiger partial charge in [-0.3, -0.25) is 9.59 Å². The molecule has 17 heavy (non-hydrogen) atoms. The molecule has 0 aliphatic carbocycles. The van der Waals surface area contributed by atoms with Crippen LogP contribution >= 0.6 is 11.6 Å². The molecule has 1 aliphatic heterocycles. The van der Waals surface area contributed by atoms with Crippen LogP contribution in [0.4, 0.5) is 5.69 Å². The molecular weight excluding hydrogens is 242 g/mol. The first-order valence-electron chi connectivity index (χ1n) is 5.29. The number of rotatable bonds is 3. The fourth-order valence-electron chi connectivity index (χ4n) is 1.87. The van der Waals surface area contributed by atoms with E-state index < -0.39 is 5.38 Å². The molecule has 4 nitrogen and oxygen atoms in total. The number of halogens is 1. The lowest BCUT2D eigenvalue weighted by atomic mass is 10.0. The van der Waals surface area contributed by atoms with Gasteiger partial charge >= 0.3 is 5.97 Å². The molecule has 1 aromatic rings. The van der Waals surface area contributed by atoms with Crippen molar-refractivity contribution in [2.75, 3.05) is 11.9 Å². The zero-order valence-corrected chi connectivity index (χ0v) is 10.1. The Bertz CT molecular complexity index is 473. The number of fused-ring (bicyclic) bond motifs is 1. The summed E-state index contributed by atoms with van der Waals surface area (Å²) in [4.78, 5) is 22.1. The minimum Gasteiger partial charge on any atom is -0.466 e. The molecule has 1 aliphatic rings. The number of amides is 1. The molecular formula is C12H12ClNO3. The quantitative estimate of drug-likeness (QED) is 0.662. The highest BCUT2D eigenvalue weighted by atomic mass is 35.5. The summed E-state index contributed by atoms with van der Waals surface area (Å²) < 4.78 is 4.88. The molecule has 0 fully saturated rings.